The highest BCUT2D eigenvalue weighted by Gasteiger charge is 2.20. The third-order valence-corrected chi connectivity index (χ3v) is 7.52. The molecule has 0 aromatic heterocycles. The molecule has 27 heavy (non-hydrogen) atoms. The van der Waals surface area contributed by atoms with Gasteiger partial charge in [-0.05, 0) is 81.1 Å². The van der Waals surface area contributed by atoms with E-state index in [-0.39, 0.29) is 16.3 Å². The molecule has 0 spiro atoms. The van der Waals surface area contributed by atoms with Crippen LogP contribution in [0.5, 0.6) is 0 Å². The Morgan fingerprint density at radius 3 is 1.63 bits per heavy atom. The second-order valence-corrected chi connectivity index (χ2v) is 10.3. The Hall–Kier alpha value is -1.74. The Balaban J connectivity index is 2.07. The lowest BCUT2D eigenvalue weighted by Crippen LogP contribution is -2.41. The van der Waals surface area contributed by atoms with Crippen LogP contribution in [0.1, 0.15) is 29.2 Å². The number of hydrogen-bond donors (Lipinski definition) is 2. The Morgan fingerprint density at radius 2 is 1.19 bits per heavy atom. The van der Waals surface area contributed by atoms with Gasteiger partial charge < -0.3 is 0 Å². The summed E-state index contributed by atoms with van der Waals surface area (Å²) in [5.41, 5.74) is 3.76. The van der Waals surface area contributed by atoms with Crippen LogP contribution in [0.3, 0.4) is 0 Å². The summed E-state index contributed by atoms with van der Waals surface area (Å²) in [5, 5.41) is 0. The maximum absolute atomic E-state index is 12.5. The van der Waals surface area contributed by atoms with Gasteiger partial charge in [0.25, 0.3) is 0 Å². The van der Waals surface area contributed by atoms with Crippen LogP contribution in [-0.4, -0.2) is 29.4 Å². The fourth-order valence-electron chi connectivity index (χ4n) is 2.45. The summed E-state index contributed by atoms with van der Waals surface area (Å²) in [7, 11) is -7.44. The molecule has 2 rings (SSSR count). The monoisotopic (exact) mass is 410 g/mol. The number of benzene rings is 2. The molecular formula is C19H26N2O4S2. The molecule has 0 aliphatic rings. The summed E-state index contributed by atoms with van der Waals surface area (Å²) < 4.78 is 54.8. The summed E-state index contributed by atoms with van der Waals surface area (Å²) in [6.07, 6.45) is 0. The van der Waals surface area contributed by atoms with Gasteiger partial charge in [-0.3, -0.25) is 0 Å². The number of sulfonamides is 2. The van der Waals surface area contributed by atoms with Gasteiger partial charge in [-0.25, -0.2) is 26.3 Å². The van der Waals surface area contributed by atoms with E-state index in [1.807, 2.05) is 27.7 Å². The van der Waals surface area contributed by atoms with Crippen molar-refractivity contribution < 1.29 is 16.8 Å². The van der Waals surface area contributed by atoms with Crippen molar-refractivity contribution in [2.45, 2.75) is 50.5 Å². The molecule has 0 heterocycles. The first kappa shape index (κ1) is 21.6. The second kappa shape index (κ2) is 8.10. The van der Waals surface area contributed by atoms with Gasteiger partial charge in [0, 0.05) is 12.6 Å². The molecule has 1 atom stereocenters. The maximum atomic E-state index is 12.5. The quantitative estimate of drug-likeness (QED) is 0.734. The van der Waals surface area contributed by atoms with Crippen molar-refractivity contribution in [1.29, 1.82) is 0 Å². The van der Waals surface area contributed by atoms with Crippen LogP contribution in [0.25, 0.3) is 0 Å². The zero-order valence-electron chi connectivity index (χ0n) is 16.2. The van der Waals surface area contributed by atoms with Crippen LogP contribution in [0.2, 0.25) is 0 Å². The fourth-order valence-corrected chi connectivity index (χ4v) is 5.00. The Labute approximate surface area is 162 Å². The molecule has 2 aromatic carbocycles. The molecule has 0 aliphatic carbocycles. The lowest BCUT2D eigenvalue weighted by Gasteiger charge is -2.16. The highest BCUT2D eigenvalue weighted by Crippen LogP contribution is 2.16. The van der Waals surface area contributed by atoms with Gasteiger partial charge in [0.15, 0.2) is 0 Å². The van der Waals surface area contributed by atoms with Crippen molar-refractivity contribution >= 4 is 20.0 Å². The van der Waals surface area contributed by atoms with Gasteiger partial charge >= 0.3 is 0 Å². The minimum absolute atomic E-state index is 0.0562. The van der Waals surface area contributed by atoms with Crippen molar-refractivity contribution in [3.63, 3.8) is 0 Å². The van der Waals surface area contributed by atoms with Crippen molar-refractivity contribution in [2.75, 3.05) is 6.54 Å². The molecule has 8 heteroatoms. The van der Waals surface area contributed by atoms with E-state index in [4.69, 9.17) is 0 Å². The largest absolute Gasteiger partial charge is 0.240 e. The summed E-state index contributed by atoms with van der Waals surface area (Å²) in [4.78, 5) is 0.323. The topological polar surface area (TPSA) is 92.3 Å². The normalized spacial score (nSPS) is 13.5. The molecule has 6 nitrogen and oxygen atoms in total. The highest BCUT2D eigenvalue weighted by molar-refractivity contribution is 7.90. The molecule has 148 valence electrons. The van der Waals surface area contributed by atoms with E-state index in [9.17, 15) is 16.8 Å². The SMILES string of the molecule is Cc1ccc(S(=O)(=O)NC[C@@H](C)NS(=O)(=O)c2ccc(C)c(C)c2)cc1C. The zero-order valence-corrected chi connectivity index (χ0v) is 17.8. The van der Waals surface area contributed by atoms with Crippen molar-refractivity contribution in [3.8, 4) is 0 Å². The van der Waals surface area contributed by atoms with E-state index in [2.05, 4.69) is 9.44 Å². The summed E-state index contributed by atoms with van der Waals surface area (Å²) >= 11 is 0. The standard InChI is InChI=1S/C19H26N2O4S2/c1-13-6-8-18(10-15(13)3)26(22,23)20-12-17(5)21-27(24,25)19-9-7-14(2)16(4)11-19/h6-11,17,20-21H,12H2,1-5H3/t17-/m1/s1. The Morgan fingerprint density at radius 1 is 0.741 bits per heavy atom. The van der Waals surface area contributed by atoms with Crippen LogP contribution in [0.4, 0.5) is 0 Å². The van der Waals surface area contributed by atoms with Gasteiger partial charge in [0.1, 0.15) is 0 Å². The van der Waals surface area contributed by atoms with E-state index in [1.54, 1.807) is 31.2 Å². The third-order valence-electron chi connectivity index (χ3n) is 4.51. The number of rotatable bonds is 7. The molecule has 0 bridgehead atoms. The van der Waals surface area contributed by atoms with E-state index in [1.165, 1.54) is 12.1 Å². The van der Waals surface area contributed by atoms with Gasteiger partial charge in [0.05, 0.1) is 9.79 Å². The second-order valence-electron chi connectivity index (χ2n) is 6.87. The predicted octanol–water partition coefficient (Wildman–Crippen LogP) is 2.57. The molecule has 0 fully saturated rings. The molecule has 0 saturated heterocycles. The van der Waals surface area contributed by atoms with Crippen molar-refractivity contribution in [2.24, 2.45) is 0 Å². The van der Waals surface area contributed by atoms with Gasteiger partial charge in [-0.15, -0.1) is 0 Å². The molecule has 0 unspecified atom stereocenters. The Kier molecular flexibility index (Phi) is 6.47. The van der Waals surface area contributed by atoms with Crippen LogP contribution < -0.4 is 9.44 Å². The summed E-state index contributed by atoms with van der Waals surface area (Å²) in [6, 6.07) is 9.15. The van der Waals surface area contributed by atoms with E-state index < -0.39 is 26.1 Å². The van der Waals surface area contributed by atoms with Crippen LogP contribution >= 0.6 is 0 Å². The van der Waals surface area contributed by atoms with Gasteiger partial charge in [-0.2, -0.15) is 0 Å². The number of aryl methyl sites for hydroxylation is 4. The lowest BCUT2D eigenvalue weighted by molar-refractivity contribution is 0.545. The van der Waals surface area contributed by atoms with Crippen LogP contribution in [0, 0.1) is 27.7 Å². The number of nitrogens with one attached hydrogen (secondary N) is 2. The first-order valence-corrected chi connectivity index (χ1v) is 11.6. The molecular weight excluding hydrogens is 384 g/mol. The first-order chi connectivity index (χ1) is 12.4. The third kappa shape index (κ3) is 5.38. The highest BCUT2D eigenvalue weighted by atomic mass is 32.2. The first-order valence-electron chi connectivity index (χ1n) is 8.59. The smallest absolute Gasteiger partial charge is 0.210 e. The fraction of sp³-hybridized carbons (Fsp3) is 0.368. The maximum Gasteiger partial charge on any atom is 0.240 e. The number of hydrogen-bond acceptors (Lipinski definition) is 4. The van der Waals surface area contributed by atoms with E-state index >= 15 is 0 Å². The predicted molar refractivity (Wildman–Crippen MR) is 107 cm³/mol. The summed E-state index contributed by atoms with van der Waals surface area (Å²) in [6.45, 7) is 9.05. The minimum Gasteiger partial charge on any atom is -0.210 e. The van der Waals surface area contributed by atoms with Crippen molar-refractivity contribution in [1.82, 2.24) is 9.44 Å². The molecule has 0 radical (unpaired) electrons. The van der Waals surface area contributed by atoms with Crippen LogP contribution in [0.15, 0.2) is 46.2 Å². The average molecular weight is 411 g/mol. The average Bonchev–Trinajstić information content (AvgIpc) is 2.57. The van der Waals surface area contributed by atoms with Gasteiger partial charge in [-0.1, -0.05) is 12.1 Å². The van der Waals surface area contributed by atoms with E-state index in [0.717, 1.165) is 22.3 Å². The molecule has 2 N–H and O–H groups in total. The lowest BCUT2D eigenvalue weighted by atomic mass is 10.1. The Bertz CT molecular complexity index is 1050. The van der Waals surface area contributed by atoms with E-state index in [0.29, 0.717) is 0 Å². The molecule has 0 saturated carbocycles. The van der Waals surface area contributed by atoms with Gasteiger partial charge in [0.2, 0.25) is 20.0 Å². The minimum atomic E-state index is -3.73. The van der Waals surface area contributed by atoms with Crippen LogP contribution in [-0.2, 0) is 20.0 Å². The van der Waals surface area contributed by atoms with Crippen molar-refractivity contribution in [3.05, 3.63) is 58.7 Å². The molecule has 0 aliphatic heterocycles. The summed E-state index contributed by atoms with van der Waals surface area (Å²) in [5.74, 6) is 0. The molecule has 2 aromatic rings. The zero-order chi connectivity index (χ0) is 20.4. The molecule has 0 amide bonds.